The third kappa shape index (κ3) is 8.68. The van der Waals surface area contributed by atoms with Gasteiger partial charge in [-0.25, -0.2) is 0 Å². The molecule has 0 unspecified atom stereocenters. The number of likely N-dealkylation sites (N-methyl/N-ethyl adjacent to an activating group) is 1. The number of guanidine groups is 1. The molecule has 2 N–H and O–H groups in total. The van der Waals surface area contributed by atoms with Crippen LogP contribution in [0.5, 0.6) is 11.5 Å². The molecule has 8 heteroatoms. The fraction of sp³-hybridized carbons (Fsp3) is 0.579. The molecular weight excluding hydrogens is 459 g/mol. The van der Waals surface area contributed by atoms with Crippen molar-refractivity contribution in [2.75, 3.05) is 47.4 Å². The second-order valence-corrected chi connectivity index (χ2v) is 6.58. The molecular formula is C19H33IN4O3. The Balaban J connectivity index is 0.00000676. The van der Waals surface area contributed by atoms with E-state index in [9.17, 15) is 4.79 Å². The number of hydrogen-bond donors (Lipinski definition) is 2. The van der Waals surface area contributed by atoms with Crippen LogP contribution in [0.3, 0.4) is 0 Å². The van der Waals surface area contributed by atoms with Gasteiger partial charge in [-0.1, -0.05) is 0 Å². The smallest absolute Gasteiger partial charge is 0.227 e. The van der Waals surface area contributed by atoms with Crippen LogP contribution < -0.4 is 20.1 Å². The van der Waals surface area contributed by atoms with Crippen LogP contribution in [0.15, 0.2) is 29.3 Å². The Bertz CT molecular complexity index is 591. The quantitative estimate of drug-likeness (QED) is 0.315. The lowest BCUT2D eigenvalue weighted by atomic mass is 9.93. The minimum atomic E-state index is -0.560. The summed E-state index contributed by atoms with van der Waals surface area (Å²) < 4.78 is 10.9. The number of hydrogen-bond acceptors (Lipinski definition) is 4. The summed E-state index contributed by atoms with van der Waals surface area (Å²) in [5.41, 5.74) is -0.560. The van der Waals surface area contributed by atoms with Gasteiger partial charge < -0.3 is 25.0 Å². The molecule has 0 aromatic heterocycles. The van der Waals surface area contributed by atoms with Gasteiger partial charge >= 0.3 is 0 Å². The lowest BCUT2D eigenvalue weighted by Gasteiger charge is -2.25. The Labute approximate surface area is 179 Å². The molecule has 0 heterocycles. The Morgan fingerprint density at radius 2 is 1.81 bits per heavy atom. The molecule has 27 heavy (non-hydrogen) atoms. The molecule has 154 valence electrons. The van der Waals surface area contributed by atoms with Gasteiger partial charge in [0.2, 0.25) is 5.91 Å². The Hall–Kier alpha value is -1.71. The highest BCUT2D eigenvalue weighted by Crippen LogP contribution is 2.17. The lowest BCUT2D eigenvalue weighted by molar-refractivity contribution is -0.128. The van der Waals surface area contributed by atoms with Crippen molar-refractivity contribution in [3.8, 4) is 11.5 Å². The van der Waals surface area contributed by atoms with E-state index in [1.807, 2.05) is 57.0 Å². The third-order valence-electron chi connectivity index (χ3n) is 3.92. The monoisotopic (exact) mass is 492 g/mol. The van der Waals surface area contributed by atoms with E-state index in [0.29, 0.717) is 19.7 Å². The Morgan fingerprint density at radius 1 is 1.22 bits per heavy atom. The number of rotatable bonds is 9. The van der Waals surface area contributed by atoms with Crippen LogP contribution in [0.25, 0.3) is 0 Å². The molecule has 7 nitrogen and oxygen atoms in total. The predicted molar refractivity (Wildman–Crippen MR) is 120 cm³/mol. The van der Waals surface area contributed by atoms with E-state index in [1.165, 1.54) is 0 Å². The summed E-state index contributed by atoms with van der Waals surface area (Å²) in [6.07, 6.45) is 0. The number of ether oxygens (including phenoxy) is 2. The summed E-state index contributed by atoms with van der Waals surface area (Å²) in [5.74, 6) is 2.32. The minimum absolute atomic E-state index is 0. The zero-order valence-corrected chi connectivity index (χ0v) is 19.5. The summed E-state index contributed by atoms with van der Waals surface area (Å²) in [5, 5.41) is 5.93. The van der Waals surface area contributed by atoms with Gasteiger partial charge in [0.1, 0.15) is 18.1 Å². The fourth-order valence-electron chi connectivity index (χ4n) is 2.23. The number of methoxy groups -OCH3 is 1. The number of nitrogens with one attached hydrogen (secondary N) is 2. The standard InChI is InChI=1S/C19H32N4O3.HI/c1-7-21-18(22-14-19(2,3)17(24)20-4)23(5)12-13-26-16-10-8-15(25-6)9-11-16;/h8-11H,7,12-14H2,1-6H3,(H,20,24)(H,21,22);1H. The second-order valence-electron chi connectivity index (χ2n) is 6.58. The molecule has 1 aromatic rings. The largest absolute Gasteiger partial charge is 0.497 e. The SMILES string of the molecule is CCNC(=NCC(C)(C)C(=O)NC)N(C)CCOc1ccc(OC)cc1.I. The van der Waals surface area contributed by atoms with Gasteiger partial charge in [0.15, 0.2) is 5.96 Å². The highest BCUT2D eigenvalue weighted by molar-refractivity contribution is 14.0. The van der Waals surface area contributed by atoms with Gasteiger partial charge in [0.05, 0.1) is 25.6 Å². The summed E-state index contributed by atoms with van der Waals surface area (Å²) in [6, 6.07) is 7.49. The predicted octanol–water partition coefficient (Wildman–Crippen LogP) is 2.36. The molecule has 0 aliphatic carbocycles. The summed E-state index contributed by atoms with van der Waals surface area (Å²) in [6.45, 7) is 8.12. The van der Waals surface area contributed by atoms with Gasteiger partial charge in [-0.05, 0) is 45.0 Å². The van der Waals surface area contributed by atoms with E-state index in [0.717, 1.165) is 24.0 Å². The molecule has 0 saturated carbocycles. The second kappa shape index (κ2) is 12.6. The molecule has 0 radical (unpaired) electrons. The first kappa shape index (κ1) is 25.3. The molecule has 0 spiro atoms. The van der Waals surface area contributed by atoms with Crippen LogP contribution in [0.4, 0.5) is 0 Å². The molecule has 0 atom stereocenters. The molecule has 0 bridgehead atoms. The highest BCUT2D eigenvalue weighted by Gasteiger charge is 2.26. The van der Waals surface area contributed by atoms with Crippen LogP contribution in [-0.2, 0) is 4.79 Å². The van der Waals surface area contributed by atoms with Crippen molar-refractivity contribution in [2.45, 2.75) is 20.8 Å². The van der Waals surface area contributed by atoms with Crippen LogP contribution in [-0.4, -0.2) is 64.2 Å². The first-order valence-corrected chi connectivity index (χ1v) is 8.82. The van der Waals surface area contributed by atoms with Crippen LogP contribution >= 0.6 is 24.0 Å². The van der Waals surface area contributed by atoms with Crippen molar-refractivity contribution >= 4 is 35.8 Å². The van der Waals surface area contributed by atoms with Gasteiger partial charge in [0, 0.05) is 20.6 Å². The molecule has 1 amide bonds. The highest BCUT2D eigenvalue weighted by atomic mass is 127. The Morgan fingerprint density at radius 3 is 2.33 bits per heavy atom. The average Bonchev–Trinajstić information content (AvgIpc) is 2.64. The maximum absolute atomic E-state index is 11.9. The molecule has 1 aromatic carbocycles. The van der Waals surface area contributed by atoms with Gasteiger partial charge in [0.25, 0.3) is 0 Å². The van der Waals surface area contributed by atoms with Gasteiger partial charge in [-0.3, -0.25) is 9.79 Å². The van der Waals surface area contributed by atoms with Crippen molar-refractivity contribution in [2.24, 2.45) is 10.4 Å². The number of halogens is 1. The van der Waals surface area contributed by atoms with Crippen molar-refractivity contribution in [3.63, 3.8) is 0 Å². The average molecular weight is 492 g/mol. The number of nitrogens with zero attached hydrogens (tertiary/aromatic N) is 2. The Kier molecular flexibility index (Phi) is 11.8. The van der Waals surface area contributed by atoms with E-state index in [4.69, 9.17) is 9.47 Å². The first-order valence-electron chi connectivity index (χ1n) is 8.82. The number of carbonyl (C=O) groups is 1. The maximum Gasteiger partial charge on any atom is 0.227 e. The van der Waals surface area contributed by atoms with E-state index in [2.05, 4.69) is 15.6 Å². The number of benzene rings is 1. The van der Waals surface area contributed by atoms with Gasteiger partial charge in [-0.15, -0.1) is 24.0 Å². The molecule has 1 rings (SSSR count). The first-order chi connectivity index (χ1) is 12.3. The molecule has 0 fully saturated rings. The van der Waals surface area contributed by atoms with E-state index in [-0.39, 0.29) is 29.9 Å². The molecule has 0 aliphatic heterocycles. The normalized spacial score (nSPS) is 11.3. The number of aliphatic imine (C=N–C) groups is 1. The van der Waals surface area contributed by atoms with Crippen molar-refractivity contribution in [1.29, 1.82) is 0 Å². The van der Waals surface area contributed by atoms with E-state index in [1.54, 1.807) is 14.2 Å². The van der Waals surface area contributed by atoms with Crippen LogP contribution in [0.1, 0.15) is 20.8 Å². The minimum Gasteiger partial charge on any atom is -0.497 e. The maximum atomic E-state index is 11.9. The number of amides is 1. The lowest BCUT2D eigenvalue weighted by Crippen LogP contribution is -2.43. The topological polar surface area (TPSA) is 75.2 Å². The van der Waals surface area contributed by atoms with Gasteiger partial charge in [-0.2, -0.15) is 0 Å². The van der Waals surface area contributed by atoms with E-state index < -0.39 is 5.41 Å². The van der Waals surface area contributed by atoms with E-state index >= 15 is 0 Å². The zero-order chi connectivity index (χ0) is 19.6. The molecule has 0 saturated heterocycles. The summed E-state index contributed by atoms with van der Waals surface area (Å²) in [4.78, 5) is 18.5. The van der Waals surface area contributed by atoms with Crippen molar-refractivity contribution in [1.82, 2.24) is 15.5 Å². The molecule has 0 aliphatic rings. The van der Waals surface area contributed by atoms with Crippen LogP contribution in [0, 0.1) is 5.41 Å². The van der Waals surface area contributed by atoms with Crippen LogP contribution in [0.2, 0.25) is 0 Å². The van der Waals surface area contributed by atoms with Crippen molar-refractivity contribution in [3.05, 3.63) is 24.3 Å². The number of carbonyl (C=O) groups excluding carboxylic acids is 1. The summed E-state index contributed by atoms with van der Waals surface area (Å²) in [7, 11) is 5.23. The fourth-order valence-corrected chi connectivity index (χ4v) is 2.23. The summed E-state index contributed by atoms with van der Waals surface area (Å²) >= 11 is 0. The van der Waals surface area contributed by atoms with Crippen molar-refractivity contribution < 1.29 is 14.3 Å². The third-order valence-corrected chi connectivity index (χ3v) is 3.92. The zero-order valence-electron chi connectivity index (χ0n) is 17.2.